The van der Waals surface area contributed by atoms with Crippen molar-refractivity contribution >= 4 is 43.1 Å². The number of hydrogen-bond acceptors (Lipinski definition) is 7. The molecule has 1 N–H and O–H groups in total. The van der Waals surface area contributed by atoms with Crippen LogP contribution in [0.3, 0.4) is 0 Å². The number of aryl methyl sites for hydroxylation is 1. The molecule has 258 valence electrons. The number of benzene rings is 3. The zero-order chi connectivity index (χ0) is 34.6. The summed E-state index contributed by atoms with van der Waals surface area (Å²) in [5.41, 5.74) is 7.30. The normalized spacial score (nSPS) is 16.6. The maximum Gasteiger partial charge on any atom is 0.211 e. The van der Waals surface area contributed by atoms with E-state index in [0.717, 1.165) is 64.7 Å². The molecule has 0 amide bonds. The average Bonchev–Trinajstić information content (AvgIpc) is 3.44. The molecule has 0 bridgehead atoms. The van der Waals surface area contributed by atoms with Crippen molar-refractivity contribution in [1.82, 2.24) is 24.3 Å². The number of aromatic nitrogens is 2. The van der Waals surface area contributed by atoms with Gasteiger partial charge in [0.15, 0.2) is 9.84 Å². The van der Waals surface area contributed by atoms with Crippen LogP contribution < -0.4 is 5.32 Å². The highest BCUT2D eigenvalue weighted by Crippen LogP contribution is 2.33. The summed E-state index contributed by atoms with van der Waals surface area (Å²) in [5, 5.41) is 9.70. The van der Waals surface area contributed by atoms with Crippen LogP contribution >= 0.6 is 23.2 Å². The monoisotopic (exact) mass is 739 g/mol. The molecule has 1 aromatic heterocycles. The number of nitrogens with zero attached hydrogens (tertiary/aromatic N) is 4. The second kappa shape index (κ2) is 15.4. The van der Waals surface area contributed by atoms with Crippen LogP contribution in [0.2, 0.25) is 10.0 Å². The van der Waals surface area contributed by atoms with E-state index in [-0.39, 0.29) is 18.1 Å². The Morgan fingerprint density at radius 2 is 1.55 bits per heavy atom. The second-order valence-electron chi connectivity index (χ2n) is 12.6. The lowest BCUT2D eigenvalue weighted by Gasteiger charge is -2.27. The van der Waals surface area contributed by atoms with Crippen LogP contribution in [0, 0.1) is 11.8 Å². The fraction of sp³-hybridized carbons (Fsp3) is 0.361. The predicted octanol–water partition coefficient (Wildman–Crippen LogP) is 4.98. The Hall–Kier alpha value is -3.21. The topological polar surface area (TPSA) is 105 Å². The van der Waals surface area contributed by atoms with Gasteiger partial charge in [-0.3, -0.25) is 4.68 Å². The van der Waals surface area contributed by atoms with E-state index in [1.807, 2.05) is 59.3 Å². The minimum Gasteiger partial charge on any atom is -0.309 e. The summed E-state index contributed by atoms with van der Waals surface area (Å²) in [6.07, 6.45) is 2.60. The Bertz CT molecular complexity index is 2080. The van der Waals surface area contributed by atoms with Crippen molar-refractivity contribution in [3.05, 3.63) is 110 Å². The van der Waals surface area contributed by atoms with Crippen LogP contribution in [-0.2, 0) is 52.5 Å². The Kier molecular flexibility index (Phi) is 11.2. The van der Waals surface area contributed by atoms with Gasteiger partial charge in [0.1, 0.15) is 0 Å². The van der Waals surface area contributed by atoms with Gasteiger partial charge in [-0.2, -0.15) is 9.40 Å². The van der Waals surface area contributed by atoms with E-state index >= 15 is 0 Å². The first-order valence-electron chi connectivity index (χ1n) is 16.3. The van der Waals surface area contributed by atoms with Crippen LogP contribution in [0.25, 0.3) is 11.3 Å². The first kappa shape index (κ1) is 35.6. The van der Waals surface area contributed by atoms with Gasteiger partial charge < -0.3 is 10.2 Å². The van der Waals surface area contributed by atoms with Gasteiger partial charge in [0.25, 0.3) is 0 Å². The van der Waals surface area contributed by atoms with Crippen LogP contribution in [0.4, 0.5) is 0 Å². The molecule has 3 heterocycles. The van der Waals surface area contributed by atoms with Crippen molar-refractivity contribution in [3.8, 4) is 23.1 Å². The van der Waals surface area contributed by atoms with Crippen LogP contribution in [0.15, 0.2) is 66.7 Å². The Labute approximate surface area is 299 Å². The van der Waals surface area contributed by atoms with E-state index in [0.29, 0.717) is 43.2 Å². The number of halogens is 2. The molecule has 0 radical (unpaired) electrons. The lowest BCUT2D eigenvalue weighted by molar-refractivity contribution is 0.282. The molecule has 0 spiro atoms. The lowest BCUT2D eigenvalue weighted by atomic mass is 10.0. The van der Waals surface area contributed by atoms with Crippen molar-refractivity contribution in [3.63, 3.8) is 0 Å². The van der Waals surface area contributed by atoms with Gasteiger partial charge in [-0.1, -0.05) is 65.4 Å². The van der Waals surface area contributed by atoms with Gasteiger partial charge in [0, 0.05) is 85.2 Å². The Morgan fingerprint density at radius 1 is 0.878 bits per heavy atom. The SMILES string of the molecule is CS(=O)(=O)N1CCc2c(c(-c3ccc(Cl)c(C#Cc4ccc(CNCc5ccc(Cl)cc5)cc4)c3)nn2CCCN2CCS(=O)(=O)CC2)C1. The van der Waals surface area contributed by atoms with E-state index in [1.165, 1.54) is 16.1 Å². The molecule has 49 heavy (non-hydrogen) atoms. The molecule has 0 saturated carbocycles. The third-order valence-electron chi connectivity index (χ3n) is 8.96. The van der Waals surface area contributed by atoms with Gasteiger partial charge in [-0.15, -0.1) is 0 Å². The lowest BCUT2D eigenvalue weighted by Crippen LogP contribution is -2.40. The molecule has 1 fully saturated rings. The summed E-state index contributed by atoms with van der Waals surface area (Å²) in [4.78, 5) is 2.18. The second-order valence-corrected chi connectivity index (χ2v) is 17.7. The molecular formula is C36H39Cl2N5O4S2. The Balaban J connectivity index is 1.17. The van der Waals surface area contributed by atoms with Gasteiger partial charge in [0.2, 0.25) is 10.0 Å². The van der Waals surface area contributed by atoms with Crippen molar-refractivity contribution < 1.29 is 16.8 Å². The molecule has 1 saturated heterocycles. The maximum absolute atomic E-state index is 12.5. The van der Waals surface area contributed by atoms with Gasteiger partial charge >= 0.3 is 0 Å². The highest BCUT2D eigenvalue weighted by atomic mass is 35.5. The van der Waals surface area contributed by atoms with Crippen LogP contribution in [0.1, 0.15) is 39.9 Å². The summed E-state index contributed by atoms with van der Waals surface area (Å²) in [5.74, 6) is 6.86. The van der Waals surface area contributed by atoms with Crippen molar-refractivity contribution in [2.45, 2.75) is 39.0 Å². The number of hydrogen-bond donors (Lipinski definition) is 1. The highest BCUT2D eigenvalue weighted by molar-refractivity contribution is 7.91. The zero-order valence-electron chi connectivity index (χ0n) is 27.3. The minimum atomic E-state index is -3.39. The molecule has 2 aliphatic rings. The number of sulfonamides is 1. The third kappa shape index (κ3) is 9.32. The third-order valence-corrected chi connectivity index (χ3v) is 12.4. The molecule has 4 aromatic rings. The number of sulfone groups is 1. The molecule has 0 atom stereocenters. The van der Waals surface area contributed by atoms with E-state index in [1.54, 1.807) is 0 Å². The molecule has 9 nitrogen and oxygen atoms in total. The molecule has 2 aliphatic heterocycles. The fourth-order valence-electron chi connectivity index (χ4n) is 6.15. The van der Waals surface area contributed by atoms with Gasteiger partial charge in [-0.25, -0.2) is 16.8 Å². The molecule has 0 unspecified atom stereocenters. The number of fused-ring (bicyclic) bond motifs is 1. The van der Waals surface area contributed by atoms with Gasteiger partial charge in [0.05, 0.1) is 28.5 Å². The summed E-state index contributed by atoms with van der Waals surface area (Å²) in [6, 6.07) is 21.5. The summed E-state index contributed by atoms with van der Waals surface area (Å²) in [6.45, 7) is 4.64. The first-order valence-corrected chi connectivity index (χ1v) is 20.7. The van der Waals surface area contributed by atoms with E-state index in [9.17, 15) is 16.8 Å². The first-order chi connectivity index (χ1) is 23.4. The minimum absolute atomic E-state index is 0.200. The quantitative estimate of drug-likeness (QED) is 0.229. The summed E-state index contributed by atoms with van der Waals surface area (Å²) in [7, 11) is -6.32. The molecule has 13 heteroatoms. The average molecular weight is 741 g/mol. The van der Waals surface area contributed by atoms with E-state index < -0.39 is 19.9 Å². The van der Waals surface area contributed by atoms with Crippen molar-refractivity contribution in [2.75, 3.05) is 43.9 Å². The standard InChI is InChI=1S/C36H39Cl2N5O4S2/c1-48(44,45)42-18-15-35-33(26-42)36(40-43(35)17-2-16-41-19-21-49(46,47)22-20-41)31-11-14-34(38)30(23-31)10-7-27-3-5-28(6-4-27)24-39-25-29-8-12-32(37)13-9-29/h3-6,8-9,11-14,23,39H,2,15-22,24-26H2,1H3. The fourth-order valence-corrected chi connectivity index (χ4v) is 8.51. The largest absolute Gasteiger partial charge is 0.309 e. The number of nitrogens with one attached hydrogen (secondary N) is 1. The predicted molar refractivity (Wildman–Crippen MR) is 196 cm³/mol. The molecule has 6 rings (SSSR count). The van der Waals surface area contributed by atoms with Crippen LogP contribution in [0.5, 0.6) is 0 Å². The number of rotatable bonds is 10. The zero-order valence-corrected chi connectivity index (χ0v) is 30.5. The maximum atomic E-state index is 12.5. The van der Waals surface area contributed by atoms with Crippen LogP contribution in [-0.4, -0.2) is 79.8 Å². The highest BCUT2D eigenvalue weighted by Gasteiger charge is 2.30. The molecule has 0 aliphatic carbocycles. The molecule has 3 aromatic carbocycles. The van der Waals surface area contributed by atoms with Gasteiger partial charge in [-0.05, 0) is 60.5 Å². The molecular weight excluding hydrogens is 701 g/mol. The van der Waals surface area contributed by atoms with Crippen molar-refractivity contribution in [1.29, 1.82) is 0 Å². The van der Waals surface area contributed by atoms with E-state index in [2.05, 4.69) is 34.2 Å². The summed E-state index contributed by atoms with van der Waals surface area (Å²) < 4.78 is 52.2. The van der Waals surface area contributed by atoms with E-state index in [4.69, 9.17) is 28.3 Å². The summed E-state index contributed by atoms with van der Waals surface area (Å²) >= 11 is 12.6. The Morgan fingerprint density at radius 3 is 2.22 bits per heavy atom. The van der Waals surface area contributed by atoms with Crippen molar-refractivity contribution in [2.24, 2.45) is 0 Å². The smallest absolute Gasteiger partial charge is 0.211 e.